The number of cyclic esters (lactones) is 1. The molecule has 2 aromatic rings. The average Bonchev–Trinajstić information content (AvgIpc) is 2.55. The van der Waals surface area contributed by atoms with Crippen LogP contribution in [0.15, 0.2) is 54.6 Å². The molecule has 2 aliphatic heterocycles. The Kier molecular flexibility index (Phi) is 2.92. The predicted molar refractivity (Wildman–Crippen MR) is 79.9 cm³/mol. The number of benzene rings is 2. The highest BCUT2D eigenvalue weighted by atomic mass is 16.6. The van der Waals surface area contributed by atoms with Crippen LogP contribution < -0.4 is 0 Å². The van der Waals surface area contributed by atoms with Crippen LogP contribution in [-0.2, 0) is 11.2 Å². The van der Waals surface area contributed by atoms with Crippen molar-refractivity contribution in [2.45, 2.75) is 25.0 Å². The van der Waals surface area contributed by atoms with Crippen LogP contribution in [0, 0.1) is 0 Å². The smallest absolute Gasteiger partial charge is 0.410 e. The summed E-state index contributed by atoms with van der Waals surface area (Å²) in [6.07, 6.45) is 1.41. The monoisotopic (exact) mass is 279 g/mol. The Morgan fingerprint density at radius 2 is 1.76 bits per heavy atom. The number of fused-ring (bicyclic) bond motifs is 3. The normalized spacial score (nSPS) is 24.0. The maximum atomic E-state index is 12.3. The van der Waals surface area contributed by atoms with Gasteiger partial charge in [0.25, 0.3) is 0 Å². The van der Waals surface area contributed by atoms with Gasteiger partial charge in [0.2, 0.25) is 0 Å². The molecule has 2 atom stereocenters. The van der Waals surface area contributed by atoms with Gasteiger partial charge >= 0.3 is 6.09 Å². The van der Waals surface area contributed by atoms with Gasteiger partial charge in [0.1, 0.15) is 6.10 Å². The Bertz CT molecular complexity index is 668. The number of nitrogens with zero attached hydrogens (tertiary/aromatic N) is 1. The summed E-state index contributed by atoms with van der Waals surface area (Å²) < 4.78 is 5.64. The zero-order valence-corrected chi connectivity index (χ0v) is 11.7. The molecule has 21 heavy (non-hydrogen) atoms. The zero-order chi connectivity index (χ0) is 14.2. The molecule has 1 amide bonds. The summed E-state index contributed by atoms with van der Waals surface area (Å²) in [4.78, 5) is 14.2. The van der Waals surface area contributed by atoms with Gasteiger partial charge < -0.3 is 9.64 Å². The molecule has 2 heterocycles. The molecule has 0 spiro atoms. The molecule has 3 nitrogen and oxygen atoms in total. The van der Waals surface area contributed by atoms with Gasteiger partial charge in [-0.05, 0) is 23.1 Å². The molecule has 3 heteroatoms. The van der Waals surface area contributed by atoms with E-state index in [4.69, 9.17) is 4.74 Å². The van der Waals surface area contributed by atoms with Gasteiger partial charge in [0.05, 0.1) is 6.04 Å². The van der Waals surface area contributed by atoms with Crippen molar-refractivity contribution >= 4 is 6.09 Å². The summed E-state index contributed by atoms with van der Waals surface area (Å²) in [6.45, 7) is 0.752. The highest BCUT2D eigenvalue weighted by Crippen LogP contribution is 2.41. The van der Waals surface area contributed by atoms with Crippen molar-refractivity contribution in [3.8, 4) is 0 Å². The fourth-order valence-corrected chi connectivity index (χ4v) is 3.44. The van der Waals surface area contributed by atoms with Gasteiger partial charge in [-0.1, -0.05) is 54.6 Å². The molecule has 2 aromatic carbocycles. The second-order valence-electron chi connectivity index (χ2n) is 5.68. The van der Waals surface area contributed by atoms with Crippen LogP contribution in [-0.4, -0.2) is 17.5 Å². The van der Waals surface area contributed by atoms with Crippen LogP contribution in [0.3, 0.4) is 0 Å². The third-order valence-electron chi connectivity index (χ3n) is 4.50. The second kappa shape index (κ2) is 4.92. The molecule has 0 saturated carbocycles. The van der Waals surface area contributed by atoms with Crippen molar-refractivity contribution in [2.24, 2.45) is 0 Å². The SMILES string of the molecule is O=C1O[C@H](c2ccccc2)C[C@@H]2c3ccccc3CCN12. The third-order valence-corrected chi connectivity index (χ3v) is 4.50. The Labute approximate surface area is 124 Å². The van der Waals surface area contributed by atoms with Crippen LogP contribution >= 0.6 is 0 Å². The number of hydrogen-bond donors (Lipinski definition) is 0. The van der Waals surface area contributed by atoms with Crippen molar-refractivity contribution in [1.82, 2.24) is 4.90 Å². The van der Waals surface area contributed by atoms with E-state index in [-0.39, 0.29) is 18.2 Å². The molecule has 0 unspecified atom stereocenters. The van der Waals surface area contributed by atoms with Crippen LogP contribution in [0.25, 0.3) is 0 Å². The highest BCUT2D eigenvalue weighted by Gasteiger charge is 2.39. The van der Waals surface area contributed by atoms with Crippen molar-refractivity contribution in [2.75, 3.05) is 6.54 Å². The number of ether oxygens (including phenoxy) is 1. The summed E-state index contributed by atoms with van der Waals surface area (Å²) in [5.74, 6) is 0. The van der Waals surface area contributed by atoms with E-state index < -0.39 is 0 Å². The number of rotatable bonds is 1. The topological polar surface area (TPSA) is 29.5 Å². The summed E-state index contributed by atoms with van der Waals surface area (Å²) in [6, 6.07) is 18.6. The van der Waals surface area contributed by atoms with Crippen LogP contribution in [0.2, 0.25) is 0 Å². The quantitative estimate of drug-likeness (QED) is 0.793. The predicted octanol–water partition coefficient (Wildman–Crippen LogP) is 3.87. The molecule has 0 aliphatic carbocycles. The molecule has 0 radical (unpaired) electrons. The fraction of sp³-hybridized carbons (Fsp3) is 0.278. The highest BCUT2D eigenvalue weighted by molar-refractivity contribution is 5.70. The zero-order valence-electron chi connectivity index (χ0n) is 11.7. The summed E-state index contributed by atoms with van der Waals surface area (Å²) in [5, 5.41) is 0. The van der Waals surface area contributed by atoms with E-state index in [2.05, 4.69) is 24.3 Å². The average molecular weight is 279 g/mol. The Hall–Kier alpha value is -2.29. The lowest BCUT2D eigenvalue weighted by molar-refractivity contribution is -0.00645. The Balaban J connectivity index is 1.70. The molecule has 0 aromatic heterocycles. The summed E-state index contributed by atoms with van der Waals surface area (Å²) in [5.41, 5.74) is 3.72. The van der Waals surface area contributed by atoms with E-state index in [1.165, 1.54) is 11.1 Å². The van der Waals surface area contributed by atoms with E-state index in [1.807, 2.05) is 35.2 Å². The van der Waals surface area contributed by atoms with Crippen molar-refractivity contribution in [3.63, 3.8) is 0 Å². The van der Waals surface area contributed by atoms with Gasteiger partial charge in [-0.15, -0.1) is 0 Å². The first-order valence-electron chi connectivity index (χ1n) is 7.43. The van der Waals surface area contributed by atoms with Crippen molar-refractivity contribution < 1.29 is 9.53 Å². The molecule has 106 valence electrons. The van der Waals surface area contributed by atoms with Crippen LogP contribution in [0.4, 0.5) is 4.79 Å². The number of carbonyl (C=O) groups is 1. The first-order valence-corrected chi connectivity index (χ1v) is 7.43. The van der Waals surface area contributed by atoms with Gasteiger partial charge in [-0.25, -0.2) is 4.79 Å². The Morgan fingerprint density at radius 3 is 2.62 bits per heavy atom. The number of amides is 1. The lowest BCUT2D eigenvalue weighted by Gasteiger charge is -2.42. The lowest BCUT2D eigenvalue weighted by Crippen LogP contribution is -2.45. The molecule has 1 fully saturated rings. The minimum absolute atomic E-state index is 0.140. The first-order chi connectivity index (χ1) is 10.3. The second-order valence-corrected chi connectivity index (χ2v) is 5.68. The van der Waals surface area contributed by atoms with Gasteiger partial charge in [-0.2, -0.15) is 0 Å². The van der Waals surface area contributed by atoms with Crippen molar-refractivity contribution in [3.05, 3.63) is 71.3 Å². The van der Waals surface area contributed by atoms with E-state index in [9.17, 15) is 4.79 Å². The van der Waals surface area contributed by atoms with E-state index >= 15 is 0 Å². The van der Waals surface area contributed by atoms with E-state index in [0.29, 0.717) is 0 Å². The van der Waals surface area contributed by atoms with Crippen LogP contribution in [0.1, 0.15) is 35.3 Å². The lowest BCUT2D eigenvalue weighted by atomic mass is 9.87. The molecule has 0 bridgehead atoms. The van der Waals surface area contributed by atoms with E-state index in [0.717, 1.165) is 24.9 Å². The molecular weight excluding hydrogens is 262 g/mol. The van der Waals surface area contributed by atoms with Crippen LogP contribution in [0.5, 0.6) is 0 Å². The largest absolute Gasteiger partial charge is 0.441 e. The van der Waals surface area contributed by atoms with Crippen molar-refractivity contribution in [1.29, 1.82) is 0 Å². The standard InChI is InChI=1S/C18H17NO2/c20-18-19-11-10-13-6-4-5-9-15(13)16(19)12-17(21-18)14-7-2-1-3-8-14/h1-9,16-17H,10-12H2/t16-,17+/m1/s1. The van der Waals surface area contributed by atoms with E-state index in [1.54, 1.807) is 0 Å². The maximum Gasteiger partial charge on any atom is 0.410 e. The minimum Gasteiger partial charge on any atom is -0.441 e. The number of carbonyl (C=O) groups excluding carboxylic acids is 1. The maximum absolute atomic E-state index is 12.3. The first kappa shape index (κ1) is 12.5. The summed E-state index contributed by atoms with van der Waals surface area (Å²) in [7, 11) is 0. The minimum atomic E-state index is -0.186. The fourth-order valence-electron chi connectivity index (χ4n) is 3.44. The molecule has 2 aliphatic rings. The van der Waals surface area contributed by atoms with Gasteiger partial charge in [0, 0.05) is 13.0 Å². The molecule has 1 saturated heterocycles. The third kappa shape index (κ3) is 2.09. The van der Waals surface area contributed by atoms with Gasteiger partial charge in [-0.3, -0.25) is 0 Å². The Morgan fingerprint density at radius 1 is 1.00 bits per heavy atom. The molecule has 0 N–H and O–H groups in total. The summed E-state index contributed by atoms with van der Waals surface area (Å²) >= 11 is 0. The molecular formula is C18H17NO2. The van der Waals surface area contributed by atoms with Gasteiger partial charge in [0.15, 0.2) is 0 Å². The molecule has 4 rings (SSSR count). The number of hydrogen-bond acceptors (Lipinski definition) is 2.